The first kappa shape index (κ1) is 17.7. The number of rotatable bonds is 4. The second kappa shape index (κ2) is 6.64. The van der Waals surface area contributed by atoms with Crippen molar-refractivity contribution in [1.29, 1.82) is 0 Å². The van der Waals surface area contributed by atoms with Gasteiger partial charge in [0.05, 0.1) is 29.1 Å². The summed E-state index contributed by atoms with van der Waals surface area (Å²) in [5.41, 5.74) is 1.14. The van der Waals surface area contributed by atoms with E-state index < -0.39 is 16.2 Å². The van der Waals surface area contributed by atoms with Gasteiger partial charge in [-0.2, -0.15) is 15.0 Å². The van der Waals surface area contributed by atoms with Crippen molar-refractivity contribution in [1.82, 2.24) is 19.9 Å². The minimum absolute atomic E-state index is 0.127. The molecule has 25 heavy (non-hydrogen) atoms. The van der Waals surface area contributed by atoms with E-state index in [9.17, 15) is 21.6 Å². The summed E-state index contributed by atoms with van der Waals surface area (Å²) in [6.07, 6.45) is -3.19. The molecule has 3 rings (SSSR count). The molecule has 0 radical (unpaired) electrons. The van der Waals surface area contributed by atoms with Crippen LogP contribution in [0.25, 0.3) is 5.69 Å². The number of hydrogen-bond acceptors (Lipinski definition) is 6. The number of sulfone groups is 1. The molecule has 1 aliphatic rings. The Kier molecular flexibility index (Phi) is 4.69. The van der Waals surface area contributed by atoms with Crippen molar-refractivity contribution in [3.63, 3.8) is 0 Å². The fourth-order valence-corrected chi connectivity index (χ4v) is 3.69. The van der Waals surface area contributed by atoms with Gasteiger partial charge in [-0.25, -0.2) is 8.42 Å². The lowest BCUT2D eigenvalue weighted by Crippen LogP contribution is -2.39. The van der Waals surface area contributed by atoms with Crippen molar-refractivity contribution < 1.29 is 26.3 Å². The zero-order valence-corrected chi connectivity index (χ0v) is 13.8. The Morgan fingerprint density at radius 3 is 2.36 bits per heavy atom. The van der Waals surface area contributed by atoms with Gasteiger partial charge in [-0.1, -0.05) is 0 Å². The molecule has 1 fully saturated rings. The van der Waals surface area contributed by atoms with Crippen molar-refractivity contribution in [2.45, 2.75) is 12.9 Å². The predicted molar refractivity (Wildman–Crippen MR) is 82.0 cm³/mol. The molecular weight excluding hydrogens is 361 g/mol. The number of nitrogens with zero attached hydrogens (tertiary/aromatic N) is 4. The van der Waals surface area contributed by atoms with Gasteiger partial charge < -0.3 is 4.74 Å². The summed E-state index contributed by atoms with van der Waals surface area (Å²) in [5, 5.41) is 8.35. The van der Waals surface area contributed by atoms with Crippen LogP contribution in [0, 0.1) is 0 Å². The van der Waals surface area contributed by atoms with Crippen molar-refractivity contribution in [3.05, 3.63) is 36.2 Å². The van der Waals surface area contributed by atoms with Crippen LogP contribution < -0.4 is 4.74 Å². The Labute approximate surface area is 141 Å². The van der Waals surface area contributed by atoms with Crippen LogP contribution in [0.2, 0.25) is 0 Å². The molecule has 1 aromatic carbocycles. The van der Waals surface area contributed by atoms with Gasteiger partial charge in [0.2, 0.25) is 0 Å². The van der Waals surface area contributed by atoms with Crippen molar-refractivity contribution >= 4 is 9.84 Å². The summed E-state index contributed by atoms with van der Waals surface area (Å²) in [5.74, 6) is -0.0676. The van der Waals surface area contributed by atoms with Gasteiger partial charge in [0, 0.05) is 19.6 Å². The third kappa shape index (κ3) is 4.92. The van der Waals surface area contributed by atoms with Crippen molar-refractivity contribution in [2.75, 3.05) is 24.6 Å². The normalized spacial score (nSPS) is 18.2. The van der Waals surface area contributed by atoms with Gasteiger partial charge in [0.1, 0.15) is 5.75 Å². The molecule has 2 aromatic rings. The number of hydrogen-bond donors (Lipinski definition) is 0. The van der Waals surface area contributed by atoms with Crippen molar-refractivity contribution in [3.8, 4) is 11.4 Å². The highest BCUT2D eigenvalue weighted by Gasteiger charge is 2.31. The summed E-state index contributed by atoms with van der Waals surface area (Å²) in [6.45, 7) is 1.35. The third-order valence-corrected chi connectivity index (χ3v) is 5.27. The highest BCUT2D eigenvalue weighted by molar-refractivity contribution is 7.91. The van der Waals surface area contributed by atoms with Gasteiger partial charge in [-0.3, -0.25) is 4.90 Å². The summed E-state index contributed by atoms with van der Waals surface area (Å²) in [4.78, 5) is 3.27. The maximum atomic E-state index is 12.1. The molecule has 1 aromatic heterocycles. The number of aromatic nitrogens is 3. The molecule has 1 aliphatic heterocycles. The zero-order valence-electron chi connectivity index (χ0n) is 13.0. The molecule has 0 aliphatic carbocycles. The first-order chi connectivity index (χ1) is 11.7. The Bertz CT molecular complexity index is 820. The first-order valence-corrected chi connectivity index (χ1v) is 9.22. The largest absolute Gasteiger partial charge is 0.573 e. The molecule has 0 N–H and O–H groups in total. The number of halogens is 3. The van der Waals surface area contributed by atoms with Gasteiger partial charge in [-0.05, 0) is 24.3 Å². The summed E-state index contributed by atoms with van der Waals surface area (Å²) < 4.78 is 63.1. The predicted octanol–water partition coefficient (Wildman–Crippen LogP) is 1.40. The molecule has 136 valence electrons. The van der Waals surface area contributed by atoms with Crippen LogP contribution in [0.4, 0.5) is 13.2 Å². The Morgan fingerprint density at radius 2 is 1.76 bits per heavy atom. The van der Waals surface area contributed by atoms with E-state index in [0.29, 0.717) is 31.0 Å². The van der Waals surface area contributed by atoms with Gasteiger partial charge in [-0.15, -0.1) is 13.2 Å². The fourth-order valence-electron chi connectivity index (χ4n) is 2.41. The lowest BCUT2D eigenvalue weighted by molar-refractivity contribution is -0.274. The Hall–Kier alpha value is -2.14. The van der Waals surface area contributed by atoms with Crippen LogP contribution in [-0.4, -0.2) is 59.3 Å². The maximum Gasteiger partial charge on any atom is 0.573 e. The standard InChI is InChI=1S/C14H15F3N4O3S/c15-14(16,17)24-13-3-1-12(2-4-13)21-18-9-11(19-21)10-20-5-7-25(22,23)8-6-20/h1-4,9H,5-8,10H2. The van der Waals surface area contributed by atoms with Crippen molar-refractivity contribution in [2.24, 2.45) is 0 Å². The van der Waals surface area contributed by atoms with Crippen LogP contribution in [-0.2, 0) is 16.4 Å². The minimum atomic E-state index is -4.74. The van der Waals surface area contributed by atoms with E-state index in [4.69, 9.17) is 0 Å². The highest BCUT2D eigenvalue weighted by Crippen LogP contribution is 2.23. The second-order valence-electron chi connectivity index (χ2n) is 5.60. The summed E-state index contributed by atoms with van der Waals surface area (Å²) in [6, 6.07) is 5.19. The molecule has 0 unspecified atom stereocenters. The lowest BCUT2D eigenvalue weighted by Gasteiger charge is -2.25. The third-order valence-electron chi connectivity index (χ3n) is 3.66. The lowest BCUT2D eigenvalue weighted by atomic mass is 10.3. The number of alkyl halides is 3. The molecule has 0 bridgehead atoms. The maximum absolute atomic E-state index is 12.1. The summed E-state index contributed by atoms with van der Waals surface area (Å²) in [7, 11) is -2.94. The average Bonchev–Trinajstić information content (AvgIpc) is 2.97. The van der Waals surface area contributed by atoms with E-state index in [-0.39, 0.29) is 17.3 Å². The Balaban J connectivity index is 1.63. The zero-order chi connectivity index (χ0) is 18.1. The molecule has 0 amide bonds. The van der Waals surface area contributed by atoms with E-state index in [0.717, 1.165) is 0 Å². The van der Waals surface area contributed by atoms with E-state index >= 15 is 0 Å². The van der Waals surface area contributed by atoms with Crippen LogP contribution in [0.3, 0.4) is 0 Å². The average molecular weight is 376 g/mol. The molecular formula is C14H15F3N4O3S. The molecule has 0 saturated carbocycles. The highest BCUT2D eigenvalue weighted by atomic mass is 32.2. The molecule has 7 nitrogen and oxygen atoms in total. The monoisotopic (exact) mass is 376 g/mol. The molecule has 11 heteroatoms. The van der Waals surface area contributed by atoms with Crippen LogP contribution in [0.1, 0.15) is 5.69 Å². The van der Waals surface area contributed by atoms with E-state index in [1.54, 1.807) is 6.20 Å². The summed E-state index contributed by atoms with van der Waals surface area (Å²) >= 11 is 0. The van der Waals surface area contributed by atoms with Gasteiger partial charge in [0.15, 0.2) is 9.84 Å². The van der Waals surface area contributed by atoms with E-state index in [1.807, 2.05) is 4.90 Å². The molecule has 0 atom stereocenters. The van der Waals surface area contributed by atoms with E-state index in [2.05, 4.69) is 14.9 Å². The Morgan fingerprint density at radius 1 is 1.12 bits per heavy atom. The molecule has 0 spiro atoms. The van der Waals surface area contributed by atoms with Crippen LogP contribution >= 0.6 is 0 Å². The fraction of sp³-hybridized carbons (Fsp3) is 0.429. The smallest absolute Gasteiger partial charge is 0.406 e. The SMILES string of the molecule is O=S1(=O)CCN(Cc2cnn(-c3ccc(OC(F)(F)F)cc3)n2)CC1. The van der Waals surface area contributed by atoms with Gasteiger partial charge >= 0.3 is 6.36 Å². The van der Waals surface area contributed by atoms with Crippen LogP contribution in [0.5, 0.6) is 5.75 Å². The number of ether oxygens (including phenoxy) is 1. The second-order valence-corrected chi connectivity index (χ2v) is 7.90. The van der Waals surface area contributed by atoms with Gasteiger partial charge in [0.25, 0.3) is 0 Å². The topological polar surface area (TPSA) is 77.3 Å². The molecule has 1 saturated heterocycles. The first-order valence-electron chi connectivity index (χ1n) is 7.40. The minimum Gasteiger partial charge on any atom is -0.406 e. The number of benzene rings is 1. The quantitative estimate of drug-likeness (QED) is 0.803. The van der Waals surface area contributed by atoms with E-state index in [1.165, 1.54) is 29.1 Å². The van der Waals surface area contributed by atoms with Crippen LogP contribution in [0.15, 0.2) is 30.5 Å². The molecule has 2 heterocycles.